The monoisotopic (exact) mass is 286 g/mol. The summed E-state index contributed by atoms with van der Waals surface area (Å²) in [4.78, 5) is 29.6. The van der Waals surface area contributed by atoms with Crippen LogP contribution < -0.4 is 0 Å². The Morgan fingerprint density at radius 2 is 2.24 bits per heavy atom. The van der Waals surface area contributed by atoms with Gasteiger partial charge in [0, 0.05) is 30.9 Å². The van der Waals surface area contributed by atoms with Crippen molar-refractivity contribution in [2.24, 2.45) is 0 Å². The fourth-order valence-corrected chi connectivity index (χ4v) is 2.64. The van der Waals surface area contributed by atoms with Crippen LogP contribution in [0.1, 0.15) is 33.3 Å². The standard InChI is InChI=1S/C15H14N2O4/c1-9-2-5-16-8-11(9)14(18)17-6-3-12-10(4-7-21-12)13(17)15(19)20/h2,4-5,7-8,13H,3,6H2,1H3,(H,19,20). The molecule has 1 atom stereocenters. The molecule has 0 aromatic carbocycles. The summed E-state index contributed by atoms with van der Waals surface area (Å²) < 4.78 is 5.28. The number of aromatic nitrogens is 1. The van der Waals surface area contributed by atoms with Crippen molar-refractivity contribution >= 4 is 11.9 Å². The zero-order valence-corrected chi connectivity index (χ0v) is 11.4. The van der Waals surface area contributed by atoms with Gasteiger partial charge in [0.2, 0.25) is 0 Å². The molecule has 108 valence electrons. The maximum absolute atomic E-state index is 12.7. The van der Waals surface area contributed by atoms with Crippen LogP contribution in [-0.4, -0.2) is 33.4 Å². The third kappa shape index (κ3) is 2.18. The van der Waals surface area contributed by atoms with Gasteiger partial charge in [0.25, 0.3) is 5.91 Å². The molecule has 0 radical (unpaired) electrons. The van der Waals surface area contributed by atoms with Gasteiger partial charge >= 0.3 is 5.97 Å². The number of carboxylic acid groups (broad SMARTS) is 1. The van der Waals surface area contributed by atoms with E-state index >= 15 is 0 Å². The quantitative estimate of drug-likeness (QED) is 0.910. The second kappa shape index (κ2) is 5.05. The molecule has 1 unspecified atom stereocenters. The minimum atomic E-state index is -1.06. The lowest BCUT2D eigenvalue weighted by Crippen LogP contribution is -2.43. The molecule has 2 aromatic rings. The van der Waals surface area contributed by atoms with Gasteiger partial charge in [-0.2, -0.15) is 0 Å². The Morgan fingerprint density at radius 1 is 1.43 bits per heavy atom. The van der Waals surface area contributed by atoms with Crippen LogP contribution >= 0.6 is 0 Å². The third-order valence-corrected chi connectivity index (χ3v) is 3.73. The molecule has 3 rings (SSSR count). The lowest BCUT2D eigenvalue weighted by atomic mass is 9.98. The summed E-state index contributed by atoms with van der Waals surface area (Å²) in [6, 6.07) is 2.33. The number of pyridine rings is 1. The van der Waals surface area contributed by atoms with E-state index in [9.17, 15) is 14.7 Å². The first-order valence-electron chi connectivity index (χ1n) is 6.60. The molecule has 1 aliphatic rings. The third-order valence-electron chi connectivity index (χ3n) is 3.73. The Kier molecular flexibility index (Phi) is 3.21. The van der Waals surface area contributed by atoms with Crippen molar-refractivity contribution in [2.75, 3.05) is 6.54 Å². The molecule has 3 heterocycles. The number of carbonyl (C=O) groups excluding carboxylic acids is 1. The second-order valence-electron chi connectivity index (χ2n) is 4.98. The number of aryl methyl sites for hydroxylation is 1. The van der Waals surface area contributed by atoms with Gasteiger partial charge in [-0.05, 0) is 24.6 Å². The molecule has 0 fully saturated rings. The Labute approximate surface area is 121 Å². The van der Waals surface area contributed by atoms with Crippen LogP contribution in [0.2, 0.25) is 0 Å². The fraction of sp³-hybridized carbons (Fsp3) is 0.267. The summed E-state index contributed by atoms with van der Waals surface area (Å²) in [5.74, 6) is -0.749. The number of carboxylic acids is 1. The molecule has 6 heteroatoms. The normalized spacial score (nSPS) is 17.4. The Morgan fingerprint density at radius 3 is 2.95 bits per heavy atom. The van der Waals surface area contributed by atoms with Gasteiger partial charge in [-0.25, -0.2) is 4.79 Å². The first kappa shape index (κ1) is 13.4. The maximum Gasteiger partial charge on any atom is 0.331 e. The summed E-state index contributed by atoms with van der Waals surface area (Å²) >= 11 is 0. The van der Waals surface area contributed by atoms with Crippen LogP contribution in [0, 0.1) is 6.92 Å². The van der Waals surface area contributed by atoms with Crippen LogP contribution in [0.25, 0.3) is 0 Å². The van der Waals surface area contributed by atoms with Gasteiger partial charge in [-0.3, -0.25) is 9.78 Å². The number of nitrogens with zero attached hydrogens (tertiary/aromatic N) is 2. The summed E-state index contributed by atoms with van der Waals surface area (Å²) in [6.45, 7) is 2.11. The highest BCUT2D eigenvalue weighted by Crippen LogP contribution is 2.32. The number of aliphatic carboxylic acids is 1. The zero-order valence-electron chi connectivity index (χ0n) is 11.4. The summed E-state index contributed by atoms with van der Waals surface area (Å²) in [5, 5.41) is 9.49. The number of rotatable bonds is 2. The summed E-state index contributed by atoms with van der Waals surface area (Å²) in [6.07, 6.45) is 5.05. The molecule has 0 saturated heterocycles. The van der Waals surface area contributed by atoms with E-state index in [0.29, 0.717) is 29.9 Å². The van der Waals surface area contributed by atoms with Crippen LogP contribution in [0.4, 0.5) is 0 Å². The largest absolute Gasteiger partial charge is 0.479 e. The summed E-state index contributed by atoms with van der Waals surface area (Å²) in [5.41, 5.74) is 1.75. The van der Waals surface area contributed by atoms with Crippen molar-refractivity contribution in [1.29, 1.82) is 0 Å². The highest BCUT2D eigenvalue weighted by Gasteiger charge is 2.38. The SMILES string of the molecule is Cc1ccncc1C(=O)N1CCc2occc2C1C(=O)O. The van der Waals surface area contributed by atoms with E-state index in [1.807, 2.05) is 0 Å². The first-order valence-corrected chi connectivity index (χ1v) is 6.60. The van der Waals surface area contributed by atoms with Gasteiger partial charge in [-0.1, -0.05) is 0 Å². The second-order valence-corrected chi connectivity index (χ2v) is 4.98. The van der Waals surface area contributed by atoms with E-state index in [2.05, 4.69) is 4.98 Å². The number of carbonyl (C=O) groups is 2. The molecule has 0 saturated carbocycles. The molecule has 0 bridgehead atoms. The van der Waals surface area contributed by atoms with Crippen LogP contribution in [0.3, 0.4) is 0 Å². The van der Waals surface area contributed by atoms with E-state index < -0.39 is 12.0 Å². The van der Waals surface area contributed by atoms with E-state index in [1.54, 1.807) is 25.3 Å². The Bertz CT molecular complexity index is 707. The minimum absolute atomic E-state index is 0.310. The number of furan rings is 1. The van der Waals surface area contributed by atoms with Gasteiger partial charge in [-0.15, -0.1) is 0 Å². The number of hydrogen-bond acceptors (Lipinski definition) is 4. The van der Waals surface area contributed by atoms with Crippen molar-refractivity contribution in [3.05, 3.63) is 53.2 Å². The van der Waals surface area contributed by atoms with Crippen molar-refractivity contribution in [3.63, 3.8) is 0 Å². The lowest BCUT2D eigenvalue weighted by Gasteiger charge is -2.32. The predicted octanol–water partition coefficient (Wildman–Crippen LogP) is 1.81. The molecule has 0 spiro atoms. The van der Waals surface area contributed by atoms with Gasteiger partial charge in [0.15, 0.2) is 6.04 Å². The zero-order chi connectivity index (χ0) is 15.0. The predicted molar refractivity (Wildman–Crippen MR) is 72.8 cm³/mol. The van der Waals surface area contributed by atoms with E-state index in [1.165, 1.54) is 17.4 Å². The summed E-state index contributed by atoms with van der Waals surface area (Å²) in [7, 11) is 0. The topological polar surface area (TPSA) is 83.6 Å². The number of fused-ring (bicyclic) bond motifs is 1. The van der Waals surface area contributed by atoms with E-state index in [4.69, 9.17) is 4.42 Å². The highest BCUT2D eigenvalue weighted by atomic mass is 16.4. The van der Waals surface area contributed by atoms with E-state index in [0.717, 1.165) is 5.56 Å². The molecule has 21 heavy (non-hydrogen) atoms. The molecule has 1 amide bonds. The Hall–Kier alpha value is -2.63. The Balaban J connectivity index is 2.00. The van der Waals surface area contributed by atoms with Gasteiger partial charge < -0.3 is 14.4 Å². The van der Waals surface area contributed by atoms with Crippen molar-refractivity contribution in [1.82, 2.24) is 9.88 Å². The van der Waals surface area contributed by atoms with Crippen LogP contribution in [-0.2, 0) is 11.2 Å². The first-order chi connectivity index (χ1) is 10.1. The van der Waals surface area contributed by atoms with E-state index in [-0.39, 0.29) is 5.91 Å². The molecular weight excluding hydrogens is 272 g/mol. The van der Waals surface area contributed by atoms with Crippen molar-refractivity contribution in [3.8, 4) is 0 Å². The smallest absolute Gasteiger partial charge is 0.331 e. The van der Waals surface area contributed by atoms with Crippen LogP contribution in [0.5, 0.6) is 0 Å². The van der Waals surface area contributed by atoms with Crippen molar-refractivity contribution in [2.45, 2.75) is 19.4 Å². The van der Waals surface area contributed by atoms with Crippen LogP contribution in [0.15, 0.2) is 35.2 Å². The number of amides is 1. The molecule has 0 aliphatic carbocycles. The molecular formula is C15H14N2O4. The molecule has 2 aromatic heterocycles. The maximum atomic E-state index is 12.7. The molecule has 1 N–H and O–H groups in total. The number of hydrogen-bond donors (Lipinski definition) is 1. The average molecular weight is 286 g/mol. The lowest BCUT2D eigenvalue weighted by molar-refractivity contribution is -0.143. The molecule has 1 aliphatic heterocycles. The molecule has 6 nitrogen and oxygen atoms in total. The van der Waals surface area contributed by atoms with Crippen molar-refractivity contribution < 1.29 is 19.1 Å². The average Bonchev–Trinajstić information content (AvgIpc) is 2.94. The van der Waals surface area contributed by atoms with Gasteiger partial charge in [0.1, 0.15) is 5.76 Å². The fourth-order valence-electron chi connectivity index (χ4n) is 2.64. The minimum Gasteiger partial charge on any atom is -0.479 e. The van der Waals surface area contributed by atoms with Gasteiger partial charge in [0.05, 0.1) is 11.8 Å². The highest BCUT2D eigenvalue weighted by molar-refractivity contribution is 5.98.